The zero-order valence-corrected chi connectivity index (χ0v) is 19.2. The van der Waals surface area contributed by atoms with Gasteiger partial charge in [0, 0.05) is 0 Å². The van der Waals surface area contributed by atoms with Crippen molar-refractivity contribution in [2.24, 2.45) is 0 Å². The third-order valence-electron chi connectivity index (χ3n) is 3.04. The molecule has 0 saturated heterocycles. The number of hydrogen-bond acceptors (Lipinski definition) is 0. The monoisotopic (exact) mass is 414 g/mol. The summed E-state index contributed by atoms with van der Waals surface area (Å²) in [5.74, 6) is 0. The fraction of sp³-hybridized carbons (Fsp3) is 0. The molecule has 0 fully saturated rings. The van der Waals surface area contributed by atoms with E-state index in [2.05, 4.69) is 91.0 Å². The molecule has 21 heavy (non-hydrogen) atoms. The molecule has 0 nitrogen and oxygen atoms in total. The topological polar surface area (TPSA) is 0 Å². The Kier molecular flexibility index (Phi) is 9.07. The average Bonchev–Trinajstić information content (AvgIpc) is 2.51. The molecule has 0 saturated carbocycles. The van der Waals surface area contributed by atoms with Crippen molar-refractivity contribution >= 4 is 23.8 Å². The summed E-state index contributed by atoms with van der Waals surface area (Å²) >= 11 is 0. The zero-order valence-electron chi connectivity index (χ0n) is 12.0. The molecule has 3 rings (SSSR count). The van der Waals surface area contributed by atoms with E-state index in [0.29, 0.717) is 0 Å². The van der Waals surface area contributed by atoms with Gasteiger partial charge in [-0.05, 0) is 23.8 Å². The van der Waals surface area contributed by atoms with Crippen LogP contribution in [0.5, 0.6) is 0 Å². The fourth-order valence-corrected chi connectivity index (χ4v) is 4.48. The van der Waals surface area contributed by atoms with Crippen LogP contribution in [0.15, 0.2) is 91.0 Å². The summed E-state index contributed by atoms with van der Waals surface area (Å²) in [6, 6.07) is 32.3. The molecule has 0 radical (unpaired) electrons. The van der Waals surface area contributed by atoms with Crippen molar-refractivity contribution in [3.63, 3.8) is 0 Å². The number of benzene rings is 3. The Hall–Kier alpha value is 0.0719. The Balaban J connectivity index is 0.00000110. The van der Waals surface area contributed by atoms with E-state index in [9.17, 15) is 0 Å². The van der Waals surface area contributed by atoms with Crippen LogP contribution in [0, 0.1) is 0 Å². The maximum absolute atomic E-state index is 2.23. The van der Waals surface area contributed by atoms with Crippen molar-refractivity contribution in [1.29, 1.82) is 0 Å². The molecule has 0 N–H and O–H groups in total. The molecule has 3 heteroatoms. The van der Waals surface area contributed by atoms with Gasteiger partial charge in [0.25, 0.3) is 0 Å². The third kappa shape index (κ3) is 5.04. The summed E-state index contributed by atoms with van der Waals surface area (Å²) in [4.78, 5) is 0. The van der Waals surface area contributed by atoms with Crippen molar-refractivity contribution in [3.05, 3.63) is 91.0 Å². The SMILES string of the molecule is [Cs+].[F-].c1ccc(P(c2ccccc2)c2ccccc2)cc1. The molecule has 0 atom stereocenters. The van der Waals surface area contributed by atoms with Gasteiger partial charge in [-0.15, -0.1) is 0 Å². The molecule has 0 unspecified atom stereocenters. The maximum Gasteiger partial charge on any atom is 1.00 e. The quantitative estimate of drug-likeness (QED) is 0.415. The summed E-state index contributed by atoms with van der Waals surface area (Å²) in [5, 5.41) is 4.19. The first-order chi connectivity index (χ1) is 9.45. The second-order valence-electron chi connectivity index (χ2n) is 4.34. The van der Waals surface area contributed by atoms with Gasteiger partial charge in [-0.25, -0.2) is 0 Å². The van der Waals surface area contributed by atoms with E-state index in [1.54, 1.807) is 0 Å². The molecule has 0 amide bonds. The van der Waals surface area contributed by atoms with E-state index in [1.807, 2.05) is 0 Å². The molecule has 0 aromatic heterocycles. The van der Waals surface area contributed by atoms with Crippen molar-refractivity contribution in [2.45, 2.75) is 0 Å². The Morgan fingerprint density at radius 2 is 0.667 bits per heavy atom. The second-order valence-corrected chi connectivity index (χ2v) is 6.56. The van der Waals surface area contributed by atoms with Crippen LogP contribution in [0.2, 0.25) is 0 Å². The molecule has 100 valence electrons. The van der Waals surface area contributed by atoms with Gasteiger partial charge >= 0.3 is 68.9 Å². The molecule has 0 bridgehead atoms. The standard InChI is InChI=1S/C18H15P.Cs.FH/c1-4-10-16(11-5-1)19(17-12-6-2-7-13-17)18-14-8-3-9-15-18;;/h1-15H;;1H/q;+1;/p-1. The van der Waals surface area contributed by atoms with Crippen LogP contribution in [-0.2, 0) is 0 Å². The second kappa shape index (κ2) is 9.96. The third-order valence-corrected chi connectivity index (χ3v) is 5.49. The van der Waals surface area contributed by atoms with Crippen LogP contribution < -0.4 is 89.5 Å². The summed E-state index contributed by atoms with van der Waals surface area (Å²) in [6.45, 7) is 0. The Morgan fingerprint density at radius 3 is 0.905 bits per heavy atom. The molecule has 0 aliphatic heterocycles. The minimum atomic E-state index is -0.446. The van der Waals surface area contributed by atoms with Crippen molar-refractivity contribution < 1.29 is 73.6 Å². The van der Waals surface area contributed by atoms with E-state index in [0.717, 1.165) is 0 Å². The van der Waals surface area contributed by atoms with Crippen molar-refractivity contribution in [3.8, 4) is 0 Å². The Labute approximate surface area is 185 Å². The summed E-state index contributed by atoms with van der Waals surface area (Å²) in [7, 11) is -0.446. The predicted molar refractivity (Wildman–Crippen MR) is 85.1 cm³/mol. The molecule has 0 heterocycles. The van der Waals surface area contributed by atoms with Gasteiger partial charge in [0.15, 0.2) is 0 Å². The van der Waals surface area contributed by atoms with Crippen molar-refractivity contribution in [2.75, 3.05) is 0 Å². The van der Waals surface area contributed by atoms with E-state index >= 15 is 0 Å². The van der Waals surface area contributed by atoms with Gasteiger partial charge in [0.1, 0.15) is 0 Å². The first kappa shape index (κ1) is 19.1. The van der Waals surface area contributed by atoms with Crippen molar-refractivity contribution in [1.82, 2.24) is 0 Å². The van der Waals surface area contributed by atoms with Crippen LogP contribution in [0.1, 0.15) is 0 Å². The zero-order chi connectivity index (χ0) is 12.9. The normalized spacial score (nSPS) is 9.57. The molecule has 0 aliphatic carbocycles. The minimum absolute atomic E-state index is 0. The van der Waals surface area contributed by atoms with E-state index < -0.39 is 7.92 Å². The summed E-state index contributed by atoms with van der Waals surface area (Å²) in [5.41, 5.74) is 0. The van der Waals surface area contributed by atoms with E-state index in [1.165, 1.54) is 15.9 Å². The fourth-order valence-electron chi connectivity index (χ4n) is 2.18. The summed E-state index contributed by atoms with van der Waals surface area (Å²) < 4.78 is 0. The van der Waals surface area contributed by atoms with Crippen LogP contribution in [-0.4, -0.2) is 0 Å². The van der Waals surface area contributed by atoms with Gasteiger partial charge < -0.3 is 4.70 Å². The number of rotatable bonds is 3. The minimum Gasteiger partial charge on any atom is -1.00 e. The first-order valence-electron chi connectivity index (χ1n) is 6.40. The molecule has 3 aromatic rings. The molecule has 0 spiro atoms. The van der Waals surface area contributed by atoms with Crippen LogP contribution >= 0.6 is 7.92 Å². The number of halogens is 1. The van der Waals surface area contributed by atoms with Gasteiger partial charge in [-0.1, -0.05) is 91.0 Å². The number of hydrogen-bond donors (Lipinski definition) is 0. The van der Waals surface area contributed by atoms with Gasteiger partial charge in [-0.3, -0.25) is 0 Å². The molecule has 3 aromatic carbocycles. The van der Waals surface area contributed by atoms with E-state index in [-0.39, 0.29) is 73.6 Å². The predicted octanol–water partition coefficient (Wildman–Crippen LogP) is -2.55. The largest absolute Gasteiger partial charge is 1.00 e. The Morgan fingerprint density at radius 1 is 0.429 bits per heavy atom. The smallest absolute Gasteiger partial charge is 1.00 e. The van der Waals surface area contributed by atoms with Gasteiger partial charge in [-0.2, -0.15) is 0 Å². The Bertz CT molecular complexity index is 535. The molecular weight excluding hydrogens is 399 g/mol. The van der Waals surface area contributed by atoms with Gasteiger partial charge in [0.05, 0.1) is 0 Å². The first-order valence-corrected chi connectivity index (χ1v) is 7.74. The van der Waals surface area contributed by atoms with Crippen LogP contribution in [0.4, 0.5) is 0 Å². The van der Waals surface area contributed by atoms with E-state index in [4.69, 9.17) is 0 Å². The van der Waals surface area contributed by atoms with Gasteiger partial charge in [0.2, 0.25) is 0 Å². The van der Waals surface area contributed by atoms with Crippen LogP contribution in [0.25, 0.3) is 0 Å². The average molecular weight is 414 g/mol. The maximum atomic E-state index is 2.23. The van der Waals surface area contributed by atoms with Crippen LogP contribution in [0.3, 0.4) is 0 Å². The summed E-state index contributed by atoms with van der Waals surface area (Å²) in [6.07, 6.45) is 0. The molecular formula is C18H15CsFP. The molecule has 0 aliphatic rings.